The number of nitrogens with one attached hydrogen (secondary N) is 2. The summed E-state index contributed by atoms with van der Waals surface area (Å²) in [7, 11) is 0. The van der Waals surface area contributed by atoms with Crippen LogP contribution in [0.15, 0.2) is 24.3 Å². The minimum atomic E-state index is -0.0232. The fourth-order valence-electron chi connectivity index (χ4n) is 2.72. The van der Waals surface area contributed by atoms with Gasteiger partial charge < -0.3 is 10.6 Å². The summed E-state index contributed by atoms with van der Waals surface area (Å²) in [6.45, 7) is 3.00. The lowest BCUT2D eigenvalue weighted by Gasteiger charge is -2.11. The highest BCUT2D eigenvalue weighted by molar-refractivity contribution is 5.80. The summed E-state index contributed by atoms with van der Waals surface area (Å²) >= 11 is 0. The smallest absolute Gasteiger partial charge is 0.223 e. The van der Waals surface area contributed by atoms with Crippen LogP contribution in [0.1, 0.15) is 43.2 Å². The second-order valence-electron chi connectivity index (χ2n) is 5.73. The van der Waals surface area contributed by atoms with Crippen molar-refractivity contribution in [3.05, 3.63) is 35.4 Å². The summed E-state index contributed by atoms with van der Waals surface area (Å²) in [5.41, 5.74) is 2.30. The van der Waals surface area contributed by atoms with Crippen LogP contribution in [0.25, 0.3) is 0 Å². The monoisotopic (exact) mass is 288 g/mol. The molecule has 4 nitrogen and oxygen atoms in total. The number of hydrogen-bond donors (Lipinski definition) is 2. The van der Waals surface area contributed by atoms with Gasteiger partial charge in [0.05, 0.1) is 0 Å². The summed E-state index contributed by atoms with van der Waals surface area (Å²) < 4.78 is 0. The van der Waals surface area contributed by atoms with Gasteiger partial charge in [-0.2, -0.15) is 0 Å². The van der Waals surface area contributed by atoms with Gasteiger partial charge in [-0.15, -0.1) is 0 Å². The van der Waals surface area contributed by atoms with Crippen LogP contribution in [0.3, 0.4) is 0 Å². The van der Waals surface area contributed by atoms with E-state index in [2.05, 4.69) is 10.6 Å². The third kappa shape index (κ3) is 4.88. The van der Waals surface area contributed by atoms with Gasteiger partial charge >= 0.3 is 0 Å². The van der Waals surface area contributed by atoms with Crippen LogP contribution in [0.5, 0.6) is 0 Å². The topological polar surface area (TPSA) is 58.2 Å². The average molecular weight is 288 g/mol. The molecule has 1 aromatic carbocycles. The maximum Gasteiger partial charge on any atom is 0.223 e. The fourth-order valence-corrected chi connectivity index (χ4v) is 2.72. The predicted octanol–water partition coefficient (Wildman–Crippen LogP) is 2.31. The van der Waals surface area contributed by atoms with Crippen LogP contribution in [0.2, 0.25) is 0 Å². The Labute approximate surface area is 126 Å². The van der Waals surface area contributed by atoms with Crippen molar-refractivity contribution in [2.45, 2.75) is 45.6 Å². The zero-order chi connectivity index (χ0) is 15.1. The summed E-state index contributed by atoms with van der Waals surface area (Å²) in [4.78, 5) is 23.6. The molecule has 0 bridgehead atoms. The highest BCUT2D eigenvalue weighted by atomic mass is 16.2. The zero-order valence-electron chi connectivity index (χ0n) is 12.7. The third-order valence-electron chi connectivity index (χ3n) is 4.11. The first kappa shape index (κ1) is 15.5. The molecule has 2 N–H and O–H groups in total. The van der Waals surface area contributed by atoms with Gasteiger partial charge in [0.2, 0.25) is 11.8 Å². The molecule has 0 saturated heterocycles. The zero-order valence-corrected chi connectivity index (χ0v) is 12.7. The summed E-state index contributed by atoms with van der Waals surface area (Å²) in [6, 6.07) is 8.00. The maximum absolute atomic E-state index is 11.8. The van der Waals surface area contributed by atoms with Gasteiger partial charge in [-0.3, -0.25) is 9.59 Å². The minimum absolute atomic E-state index is 0.0232. The number of rotatable bonds is 6. The molecule has 0 heterocycles. The van der Waals surface area contributed by atoms with E-state index in [9.17, 15) is 9.59 Å². The van der Waals surface area contributed by atoms with Crippen molar-refractivity contribution >= 4 is 11.8 Å². The maximum atomic E-state index is 11.8. The Hall–Kier alpha value is -1.84. The molecule has 2 amide bonds. The Bertz CT molecular complexity index is 493. The van der Waals surface area contributed by atoms with Crippen LogP contribution in [-0.2, 0) is 16.1 Å². The SMILES string of the molecule is Cc1ccccc1CNC(=O)CCNC(=O)C1CCCC1. The normalized spacial score (nSPS) is 14.9. The van der Waals surface area contributed by atoms with Gasteiger partial charge in [-0.25, -0.2) is 0 Å². The van der Waals surface area contributed by atoms with Gasteiger partial charge in [0, 0.05) is 25.4 Å². The molecule has 1 fully saturated rings. The van der Waals surface area contributed by atoms with Crippen molar-refractivity contribution in [1.29, 1.82) is 0 Å². The largest absolute Gasteiger partial charge is 0.355 e. The molecule has 21 heavy (non-hydrogen) atoms. The van der Waals surface area contributed by atoms with Crippen LogP contribution >= 0.6 is 0 Å². The fraction of sp³-hybridized carbons (Fsp3) is 0.529. The van der Waals surface area contributed by atoms with E-state index in [1.807, 2.05) is 31.2 Å². The Morgan fingerprint density at radius 1 is 1.14 bits per heavy atom. The summed E-state index contributed by atoms with van der Waals surface area (Å²) in [6.07, 6.45) is 4.62. The lowest BCUT2D eigenvalue weighted by Crippen LogP contribution is -2.33. The summed E-state index contributed by atoms with van der Waals surface area (Å²) in [5, 5.41) is 5.76. The molecule has 4 heteroatoms. The Balaban J connectivity index is 1.63. The lowest BCUT2D eigenvalue weighted by molar-refractivity contribution is -0.125. The molecule has 0 radical (unpaired) electrons. The highest BCUT2D eigenvalue weighted by Crippen LogP contribution is 2.24. The Kier molecular flexibility index (Phi) is 5.78. The van der Waals surface area contributed by atoms with Gasteiger partial charge in [0.15, 0.2) is 0 Å². The second kappa shape index (κ2) is 7.81. The van der Waals surface area contributed by atoms with E-state index in [0.29, 0.717) is 19.5 Å². The molecule has 0 aromatic heterocycles. The first-order valence-electron chi connectivity index (χ1n) is 7.75. The quantitative estimate of drug-likeness (QED) is 0.844. The second-order valence-corrected chi connectivity index (χ2v) is 5.73. The molecule has 114 valence electrons. The third-order valence-corrected chi connectivity index (χ3v) is 4.11. The van der Waals surface area contributed by atoms with Crippen molar-refractivity contribution in [3.8, 4) is 0 Å². The standard InChI is InChI=1S/C17H24N2O2/c1-13-6-2-3-9-15(13)12-19-16(20)10-11-18-17(21)14-7-4-5-8-14/h2-3,6,9,14H,4-5,7-8,10-12H2,1H3,(H,18,21)(H,19,20). The number of benzene rings is 1. The van der Waals surface area contributed by atoms with E-state index in [-0.39, 0.29) is 17.7 Å². The van der Waals surface area contributed by atoms with Crippen LogP contribution in [-0.4, -0.2) is 18.4 Å². The van der Waals surface area contributed by atoms with E-state index < -0.39 is 0 Å². The molecule has 1 saturated carbocycles. The molecule has 0 spiro atoms. The van der Waals surface area contributed by atoms with Gasteiger partial charge in [-0.1, -0.05) is 37.1 Å². The van der Waals surface area contributed by atoms with Crippen molar-refractivity contribution < 1.29 is 9.59 Å². The molecule has 0 atom stereocenters. The first-order chi connectivity index (χ1) is 10.2. The highest BCUT2D eigenvalue weighted by Gasteiger charge is 2.22. The number of amides is 2. The average Bonchev–Trinajstić information content (AvgIpc) is 3.00. The van der Waals surface area contributed by atoms with Gasteiger partial charge in [0.1, 0.15) is 0 Å². The molecule has 1 aromatic rings. The predicted molar refractivity (Wildman–Crippen MR) is 82.6 cm³/mol. The summed E-state index contributed by atoms with van der Waals surface area (Å²) in [5.74, 6) is 0.254. The number of hydrogen-bond acceptors (Lipinski definition) is 2. The molecule has 2 rings (SSSR count). The molecule has 0 aliphatic heterocycles. The molecule has 0 unspecified atom stereocenters. The first-order valence-corrected chi connectivity index (χ1v) is 7.75. The molecule has 1 aliphatic rings. The van der Waals surface area contributed by atoms with Crippen molar-refractivity contribution in [2.24, 2.45) is 5.92 Å². The van der Waals surface area contributed by atoms with E-state index >= 15 is 0 Å². The Morgan fingerprint density at radius 3 is 2.57 bits per heavy atom. The number of carbonyl (C=O) groups is 2. The van der Waals surface area contributed by atoms with E-state index in [1.54, 1.807) is 0 Å². The molecule has 1 aliphatic carbocycles. The van der Waals surface area contributed by atoms with Crippen molar-refractivity contribution in [1.82, 2.24) is 10.6 Å². The Morgan fingerprint density at radius 2 is 1.86 bits per heavy atom. The minimum Gasteiger partial charge on any atom is -0.355 e. The number of aryl methyl sites for hydroxylation is 1. The van der Waals surface area contributed by atoms with Crippen LogP contribution in [0, 0.1) is 12.8 Å². The number of carbonyl (C=O) groups excluding carboxylic acids is 2. The van der Waals surface area contributed by atoms with Crippen LogP contribution < -0.4 is 10.6 Å². The van der Waals surface area contributed by atoms with Crippen molar-refractivity contribution in [2.75, 3.05) is 6.54 Å². The molecular weight excluding hydrogens is 264 g/mol. The molecular formula is C17H24N2O2. The van der Waals surface area contributed by atoms with Gasteiger partial charge in [0.25, 0.3) is 0 Å². The van der Waals surface area contributed by atoms with Crippen molar-refractivity contribution in [3.63, 3.8) is 0 Å². The van der Waals surface area contributed by atoms with E-state index in [0.717, 1.165) is 31.2 Å². The van der Waals surface area contributed by atoms with E-state index in [4.69, 9.17) is 0 Å². The van der Waals surface area contributed by atoms with Gasteiger partial charge in [-0.05, 0) is 30.9 Å². The van der Waals surface area contributed by atoms with E-state index in [1.165, 1.54) is 5.56 Å². The lowest BCUT2D eigenvalue weighted by atomic mass is 10.1. The van der Waals surface area contributed by atoms with Crippen LogP contribution in [0.4, 0.5) is 0 Å².